The van der Waals surface area contributed by atoms with Gasteiger partial charge in [-0.15, -0.1) is 0 Å². The van der Waals surface area contributed by atoms with Crippen molar-refractivity contribution in [3.63, 3.8) is 0 Å². The standard InChI is InChI=1S/C15H30N2S/c1-4-15(3)12-17(11-7-10-16-15)13-8-6-9-14(13)18-5-2/h13-14,16H,4-12H2,1-3H3. The predicted octanol–water partition coefficient (Wildman–Crippen LogP) is 3.12. The van der Waals surface area contributed by atoms with E-state index in [1.54, 1.807) is 0 Å². The molecule has 1 saturated heterocycles. The first-order valence-corrected chi connectivity index (χ1v) is 8.84. The van der Waals surface area contributed by atoms with Gasteiger partial charge >= 0.3 is 0 Å². The maximum Gasteiger partial charge on any atom is 0.0277 e. The maximum atomic E-state index is 3.76. The highest BCUT2D eigenvalue weighted by atomic mass is 32.2. The first-order chi connectivity index (χ1) is 8.68. The molecular weight excluding hydrogens is 240 g/mol. The van der Waals surface area contributed by atoms with E-state index >= 15 is 0 Å². The van der Waals surface area contributed by atoms with E-state index in [1.807, 2.05) is 0 Å². The Bertz CT molecular complexity index is 259. The van der Waals surface area contributed by atoms with Crippen LogP contribution in [0.15, 0.2) is 0 Å². The van der Waals surface area contributed by atoms with Crippen LogP contribution in [-0.4, -0.2) is 47.1 Å². The van der Waals surface area contributed by atoms with Crippen LogP contribution in [0, 0.1) is 0 Å². The Morgan fingerprint density at radius 2 is 2.11 bits per heavy atom. The Kier molecular flexibility index (Phi) is 5.40. The molecule has 2 nitrogen and oxygen atoms in total. The molecule has 0 radical (unpaired) electrons. The van der Waals surface area contributed by atoms with Gasteiger partial charge in [-0.2, -0.15) is 11.8 Å². The third-order valence-electron chi connectivity index (χ3n) is 4.77. The van der Waals surface area contributed by atoms with Gasteiger partial charge in [0.15, 0.2) is 0 Å². The molecule has 2 rings (SSSR count). The molecule has 1 aliphatic heterocycles. The van der Waals surface area contributed by atoms with E-state index < -0.39 is 0 Å². The summed E-state index contributed by atoms with van der Waals surface area (Å²) in [7, 11) is 0. The van der Waals surface area contributed by atoms with Crippen LogP contribution in [0.3, 0.4) is 0 Å². The van der Waals surface area contributed by atoms with Crippen molar-refractivity contribution in [3.8, 4) is 0 Å². The Hall–Kier alpha value is 0.270. The fourth-order valence-corrected chi connectivity index (χ4v) is 4.80. The molecule has 18 heavy (non-hydrogen) atoms. The molecule has 106 valence electrons. The lowest BCUT2D eigenvalue weighted by Crippen LogP contribution is -2.52. The topological polar surface area (TPSA) is 15.3 Å². The van der Waals surface area contributed by atoms with Crippen molar-refractivity contribution in [1.29, 1.82) is 0 Å². The van der Waals surface area contributed by atoms with Gasteiger partial charge in [-0.3, -0.25) is 4.90 Å². The van der Waals surface area contributed by atoms with Gasteiger partial charge in [0.1, 0.15) is 0 Å². The number of nitrogens with one attached hydrogen (secondary N) is 1. The van der Waals surface area contributed by atoms with Crippen LogP contribution in [0.1, 0.15) is 52.9 Å². The number of rotatable bonds is 4. The molecule has 0 aromatic rings. The molecule has 0 aromatic heterocycles. The van der Waals surface area contributed by atoms with Crippen LogP contribution in [0.25, 0.3) is 0 Å². The molecule has 0 bridgehead atoms. The average Bonchev–Trinajstić information content (AvgIpc) is 2.73. The van der Waals surface area contributed by atoms with Gasteiger partial charge < -0.3 is 5.32 Å². The van der Waals surface area contributed by atoms with E-state index in [1.165, 1.54) is 57.5 Å². The number of nitrogens with zero attached hydrogens (tertiary/aromatic N) is 1. The Labute approximate surface area is 117 Å². The van der Waals surface area contributed by atoms with Crippen molar-refractivity contribution in [2.75, 3.05) is 25.4 Å². The Balaban J connectivity index is 2.01. The maximum absolute atomic E-state index is 3.76. The van der Waals surface area contributed by atoms with Crippen molar-refractivity contribution in [3.05, 3.63) is 0 Å². The van der Waals surface area contributed by atoms with Crippen LogP contribution in [0.5, 0.6) is 0 Å². The second-order valence-electron chi connectivity index (χ2n) is 6.16. The van der Waals surface area contributed by atoms with Gasteiger partial charge in [-0.1, -0.05) is 20.3 Å². The van der Waals surface area contributed by atoms with Crippen molar-refractivity contribution in [1.82, 2.24) is 10.2 Å². The number of hydrogen-bond acceptors (Lipinski definition) is 3. The second-order valence-corrected chi connectivity index (χ2v) is 7.67. The summed E-state index contributed by atoms with van der Waals surface area (Å²) in [5.74, 6) is 1.28. The summed E-state index contributed by atoms with van der Waals surface area (Å²) < 4.78 is 0. The molecule has 1 N–H and O–H groups in total. The normalized spacial score (nSPS) is 38.8. The van der Waals surface area contributed by atoms with Crippen molar-refractivity contribution in [2.24, 2.45) is 0 Å². The smallest absolute Gasteiger partial charge is 0.0277 e. The van der Waals surface area contributed by atoms with Crippen LogP contribution in [0.2, 0.25) is 0 Å². The third-order valence-corrected chi connectivity index (χ3v) is 6.09. The van der Waals surface area contributed by atoms with E-state index in [0.717, 1.165) is 11.3 Å². The lowest BCUT2D eigenvalue weighted by Gasteiger charge is -2.38. The lowest BCUT2D eigenvalue weighted by atomic mass is 9.97. The molecule has 3 atom stereocenters. The zero-order chi connectivity index (χ0) is 13.0. The molecule has 3 unspecified atom stereocenters. The third kappa shape index (κ3) is 3.43. The summed E-state index contributed by atoms with van der Waals surface area (Å²) in [6.45, 7) is 10.8. The molecule has 1 heterocycles. The van der Waals surface area contributed by atoms with E-state index in [-0.39, 0.29) is 0 Å². The molecule has 0 spiro atoms. The summed E-state index contributed by atoms with van der Waals surface area (Å²) in [4.78, 5) is 2.81. The second kappa shape index (κ2) is 6.62. The molecule has 2 aliphatic rings. The minimum Gasteiger partial charge on any atom is -0.310 e. The minimum absolute atomic E-state index is 0.334. The Morgan fingerprint density at radius 3 is 2.83 bits per heavy atom. The first kappa shape index (κ1) is 14.7. The lowest BCUT2D eigenvalue weighted by molar-refractivity contribution is 0.164. The quantitative estimate of drug-likeness (QED) is 0.845. The van der Waals surface area contributed by atoms with Gasteiger partial charge in [0.05, 0.1) is 0 Å². The summed E-state index contributed by atoms with van der Waals surface area (Å²) in [5, 5.41) is 4.66. The van der Waals surface area contributed by atoms with E-state index in [9.17, 15) is 0 Å². The summed E-state index contributed by atoms with van der Waals surface area (Å²) >= 11 is 2.19. The fourth-order valence-electron chi connectivity index (χ4n) is 3.51. The average molecular weight is 270 g/mol. The summed E-state index contributed by atoms with van der Waals surface area (Å²) in [6.07, 6.45) is 6.86. The van der Waals surface area contributed by atoms with Crippen LogP contribution < -0.4 is 5.32 Å². The fraction of sp³-hybridized carbons (Fsp3) is 1.00. The molecule has 2 fully saturated rings. The van der Waals surface area contributed by atoms with Gasteiger partial charge in [0.25, 0.3) is 0 Å². The van der Waals surface area contributed by atoms with Crippen LogP contribution in [-0.2, 0) is 0 Å². The highest BCUT2D eigenvalue weighted by molar-refractivity contribution is 7.99. The number of hydrogen-bond donors (Lipinski definition) is 1. The van der Waals surface area contributed by atoms with Gasteiger partial charge in [-0.05, 0) is 51.4 Å². The van der Waals surface area contributed by atoms with E-state index in [0.29, 0.717) is 5.54 Å². The summed E-state index contributed by atoms with van der Waals surface area (Å²) in [5.41, 5.74) is 0.334. The largest absolute Gasteiger partial charge is 0.310 e. The van der Waals surface area contributed by atoms with Gasteiger partial charge in [0, 0.05) is 23.4 Å². The summed E-state index contributed by atoms with van der Waals surface area (Å²) in [6, 6.07) is 0.848. The molecule has 3 heteroatoms. The molecule has 0 amide bonds. The predicted molar refractivity (Wildman–Crippen MR) is 82.4 cm³/mol. The van der Waals surface area contributed by atoms with E-state index in [4.69, 9.17) is 0 Å². The van der Waals surface area contributed by atoms with Crippen LogP contribution >= 0.6 is 11.8 Å². The molecule has 1 aliphatic carbocycles. The Morgan fingerprint density at radius 1 is 1.28 bits per heavy atom. The van der Waals surface area contributed by atoms with Gasteiger partial charge in [0.2, 0.25) is 0 Å². The highest BCUT2D eigenvalue weighted by Crippen LogP contribution is 2.34. The van der Waals surface area contributed by atoms with Crippen molar-refractivity contribution < 1.29 is 0 Å². The monoisotopic (exact) mass is 270 g/mol. The zero-order valence-electron chi connectivity index (χ0n) is 12.4. The number of thioether (sulfide) groups is 1. The zero-order valence-corrected chi connectivity index (χ0v) is 13.2. The minimum atomic E-state index is 0.334. The SMILES string of the molecule is CCSC1CCCC1N1CCCNC(C)(CC)C1. The van der Waals surface area contributed by atoms with Crippen molar-refractivity contribution in [2.45, 2.75) is 69.7 Å². The van der Waals surface area contributed by atoms with E-state index in [2.05, 4.69) is 42.7 Å². The molecule has 1 saturated carbocycles. The van der Waals surface area contributed by atoms with Crippen molar-refractivity contribution >= 4 is 11.8 Å². The molecular formula is C15H30N2S. The molecule has 0 aromatic carbocycles. The first-order valence-electron chi connectivity index (χ1n) is 7.79. The highest BCUT2D eigenvalue weighted by Gasteiger charge is 2.36. The van der Waals surface area contributed by atoms with Gasteiger partial charge in [-0.25, -0.2) is 0 Å². The van der Waals surface area contributed by atoms with Crippen LogP contribution in [0.4, 0.5) is 0 Å².